The Labute approximate surface area is 148 Å². The van der Waals surface area contributed by atoms with Crippen LogP contribution in [0.15, 0.2) is 60.7 Å². The molecule has 0 saturated carbocycles. The SMILES string of the molecule is O=C(/C=C/c1ccc(O)cc1)NC1CCN(Cc2ccccc2)CC1. The molecule has 1 aliphatic rings. The Bertz CT molecular complexity index is 702. The van der Waals surface area contributed by atoms with Crippen molar-refractivity contribution >= 4 is 12.0 Å². The lowest BCUT2D eigenvalue weighted by molar-refractivity contribution is -0.117. The third-order valence-electron chi connectivity index (χ3n) is 4.50. The maximum Gasteiger partial charge on any atom is 0.244 e. The molecule has 130 valence electrons. The van der Waals surface area contributed by atoms with Crippen LogP contribution in [0.2, 0.25) is 0 Å². The summed E-state index contributed by atoms with van der Waals surface area (Å²) < 4.78 is 0. The molecule has 0 atom stereocenters. The molecule has 0 spiro atoms. The maximum absolute atomic E-state index is 12.1. The summed E-state index contributed by atoms with van der Waals surface area (Å²) in [6.45, 7) is 2.98. The second-order valence-electron chi connectivity index (χ2n) is 6.47. The van der Waals surface area contributed by atoms with Crippen LogP contribution in [0, 0.1) is 0 Å². The van der Waals surface area contributed by atoms with Gasteiger partial charge < -0.3 is 10.4 Å². The van der Waals surface area contributed by atoms with Crippen molar-refractivity contribution in [3.05, 3.63) is 71.8 Å². The van der Waals surface area contributed by atoms with Crippen molar-refractivity contribution in [2.45, 2.75) is 25.4 Å². The molecule has 1 saturated heterocycles. The van der Waals surface area contributed by atoms with Gasteiger partial charge in [0, 0.05) is 31.8 Å². The Hall–Kier alpha value is -2.59. The van der Waals surface area contributed by atoms with E-state index in [-0.39, 0.29) is 17.7 Å². The van der Waals surface area contributed by atoms with Crippen molar-refractivity contribution in [2.24, 2.45) is 0 Å². The molecule has 0 radical (unpaired) electrons. The number of phenolic OH excluding ortho intramolecular Hbond substituents is 1. The summed E-state index contributed by atoms with van der Waals surface area (Å²) in [7, 11) is 0. The largest absolute Gasteiger partial charge is 0.508 e. The zero-order valence-corrected chi connectivity index (χ0v) is 14.3. The fourth-order valence-corrected chi connectivity index (χ4v) is 3.08. The standard InChI is InChI=1S/C21H24N2O2/c24-20-9-6-17(7-10-20)8-11-21(25)22-19-12-14-23(15-13-19)16-18-4-2-1-3-5-18/h1-11,19,24H,12-16H2,(H,22,25)/b11-8+. The maximum atomic E-state index is 12.1. The minimum Gasteiger partial charge on any atom is -0.508 e. The molecular weight excluding hydrogens is 312 g/mol. The fraction of sp³-hybridized carbons (Fsp3) is 0.286. The van der Waals surface area contributed by atoms with E-state index < -0.39 is 0 Å². The molecule has 4 heteroatoms. The van der Waals surface area contributed by atoms with Crippen LogP contribution in [0.1, 0.15) is 24.0 Å². The van der Waals surface area contributed by atoms with E-state index in [1.54, 1.807) is 36.4 Å². The van der Waals surface area contributed by atoms with Crippen LogP contribution in [0.4, 0.5) is 0 Å². The normalized spacial score (nSPS) is 16.2. The second kappa shape index (κ2) is 8.49. The lowest BCUT2D eigenvalue weighted by Gasteiger charge is -2.32. The highest BCUT2D eigenvalue weighted by atomic mass is 16.3. The van der Waals surface area contributed by atoms with Crippen LogP contribution in [0.25, 0.3) is 6.08 Å². The van der Waals surface area contributed by atoms with Crippen molar-refractivity contribution in [1.82, 2.24) is 10.2 Å². The Balaban J connectivity index is 1.42. The molecule has 2 aromatic carbocycles. The third kappa shape index (κ3) is 5.47. The van der Waals surface area contributed by atoms with E-state index in [1.165, 1.54) is 5.56 Å². The number of aromatic hydroxyl groups is 1. The van der Waals surface area contributed by atoms with E-state index in [9.17, 15) is 9.90 Å². The van der Waals surface area contributed by atoms with Crippen LogP contribution in [0.3, 0.4) is 0 Å². The van der Waals surface area contributed by atoms with Gasteiger partial charge in [0.2, 0.25) is 5.91 Å². The number of carbonyl (C=O) groups is 1. The van der Waals surface area contributed by atoms with Gasteiger partial charge in [-0.05, 0) is 42.2 Å². The zero-order valence-electron chi connectivity index (χ0n) is 14.3. The summed E-state index contributed by atoms with van der Waals surface area (Å²) in [5, 5.41) is 12.3. The first kappa shape index (κ1) is 17.2. The molecule has 0 aromatic heterocycles. The number of carbonyl (C=O) groups excluding carboxylic acids is 1. The molecule has 0 bridgehead atoms. The van der Waals surface area contributed by atoms with Gasteiger partial charge in [0.25, 0.3) is 0 Å². The van der Waals surface area contributed by atoms with Crippen LogP contribution >= 0.6 is 0 Å². The Morgan fingerprint density at radius 1 is 1.08 bits per heavy atom. The number of hydrogen-bond acceptors (Lipinski definition) is 3. The summed E-state index contributed by atoms with van der Waals surface area (Å²) in [6, 6.07) is 17.5. The van der Waals surface area contributed by atoms with E-state index in [0.29, 0.717) is 0 Å². The van der Waals surface area contributed by atoms with Crippen LogP contribution in [-0.4, -0.2) is 35.0 Å². The monoisotopic (exact) mass is 336 g/mol. The molecule has 0 unspecified atom stereocenters. The molecule has 3 rings (SSSR count). The van der Waals surface area contributed by atoms with Gasteiger partial charge in [-0.2, -0.15) is 0 Å². The number of hydrogen-bond donors (Lipinski definition) is 2. The van der Waals surface area contributed by atoms with E-state index >= 15 is 0 Å². The van der Waals surface area contributed by atoms with Gasteiger partial charge in [0.05, 0.1) is 0 Å². The van der Waals surface area contributed by atoms with Gasteiger partial charge in [-0.3, -0.25) is 9.69 Å². The number of nitrogens with one attached hydrogen (secondary N) is 1. The average Bonchev–Trinajstić information content (AvgIpc) is 2.64. The Morgan fingerprint density at radius 2 is 1.76 bits per heavy atom. The molecule has 1 amide bonds. The number of phenols is 1. The summed E-state index contributed by atoms with van der Waals surface area (Å²) in [5.41, 5.74) is 2.23. The molecule has 2 N–H and O–H groups in total. The molecule has 4 nitrogen and oxygen atoms in total. The number of piperidine rings is 1. The number of rotatable bonds is 5. The summed E-state index contributed by atoms with van der Waals surface area (Å²) in [5.74, 6) is 0.165. The van der Waals surface area contributed by atoms with Gasteiger partial charge in [0.15, 0.2) is 0 Å². The first-order valence-electron chi connectivity index (χ1n) is 8.73. The molecule has 25 heavy (non-hydrogen) atoms. The molecule has 1 fully saturated rings. The predicted octanol–water partition coefficient (Wildman–Crippen LogP) is 3.19. The summed E-state index contributed by atoms with van der Waals surface area (Å²) >= 11 is 0. The topological polar surface area (TPSA) is 52.6 Å². The molecule has 1 heterocycles. The highest BCUT2D eigenvalue weighted by Crippen LogP contribution is 2.14. The van der Waals surface area contributed by atoms with E-state index in [2.05, 4.69) is 34.5 Å². The minimum atomic E-state index is -0.0606. The average molecular weight is 336 g/mol. The van der Waals surface area contributed by atoms with Crippen molar-refractivity contribution in [1.29, 1.82) is 0 Å². The zero-order chi connectivity index (χ0) is 17.5. The van der Waals surface area contributed by atoms with Crippen molar-refractivity contribution in [3.8, 4) is 5.75 Å². The highest BCUT2D eigenvalue weighted by molar-refractivity contribution is 5.91. The molecular formula is C21H24N2O2. The summed E-state index contributed by atoms with van der Waals surface area (Å²) in [4.78, 5) is 14.5. The number of benzene rings is 2. The third-order valence-corrected chi connectivity index (χ3v) is 4.50. The van der Waals surface area contributed by atoms with Gasteiger partial charge in [0.1, 0.15) is 5.75 Å². The highest BCUT2D eigenvalue weighted by Gasteiger charge is 2.19. The minimum absolute atomic E-state index is 0.0606. The lowest BCUT2D eigenvalue weighted by Crippen LogP contribution is -2.43. The predicted molar refractivity (Wildman–Crippen MR) is 100 cm³/mol. The van der Waals surface area contributed by atoms with Gasteiger partial charge in [-0.15, -0.1) is 0 Å². The number of amides is 1. The molecule has 0 aliphatic carbocycles. The van der Waals surface area contributed by atoms with E-state index in [0.717, 1.165) is 38.0 Å². The van der Waals surface area contributed by atoms with Crippen LogP contribution in [0.5, 0.6) is 5.75 Å². The number of likely N-dealkylation sites (tertiary alicyclic amines) is 1. The Morgan fingerprint density at radius 3 is 2.44 bits per heavy atom. The van der Waals surface area contributed by atoms with Gasteiger partial charge in [-0.1, -0.05) is 42.5 Å². The van der Waals surface area contributed by atoms with Crippen molar-refractivity contribution in [2.75, 3.05) is 13.1 Å². The molecule has 2 aromatic rings. The summed E-state index contributed by atoms with van der Waals surface area (Å²) in [6.07, 6.45) is 5.28. The second-order valence-corrected chi connectivity index (χ2v) is 6.47. The fourth-order valence-electron chi connectivity index (χ4n) is 3.08. The smallest absolute Gasteiger partial charge is 0.244 e. The first-order chi connectivity index (χ1) is 12.2. The van der Waals surface area contributed by atoms with Gasteiger partial charge >= 0.3 is 0 Å². The van der Waals surface area contributed by atoms with Crippen LogP contribution < -0.4 is 5.32 Å². The quantitative estimate of drug-likeness (QED) is 0.825. The van der Waals surface area contributed by atoms with Crippen molar-refractivity contribution < 1.29 is 9.90 Å². The number of nitrogens with zero attached hydrogens (tertiary/aromatic N) is 1. The molecule has 1 aliphatic heterocycles. The van der Waals surface area contributed by atoms with E-state index in [4.69, 9.17) is 0 Å². The van der Waals surface area contributed by atoms with Crippen LogP contribution in [-0.2, 0) is 11.3 Å². The van der Waals surface area contributed by atoms with Gasteiger partial charge in [-0.25, -0.2) is 0 Å². The first-order valence-corrected chi connectivity index (χ1v) is 8.73. The van der Waals surface area contributed by atoms with Crippen molar-refractivity contribution in [3.63, 3.8) is 0 Å². The Kier molecular flexibility index (Phi) is 5.86. The lowest BCUT2D eigenvalue weighted by atomic mass is 10.0. The van der Waals surface area contributed by atoms with E-state index in [1.807, 2.05) is 6.07 Å².